The smallest absolute Gasteiger partial charge is 0.166 e. The first-order valence-corrected chi connectivity index (χ1v) is 5.64. The molecule has 1 heterocycles. The Hall–Kier alpha value is -1.94. The molecule has 1 unspecified atom stereocenters. The minimum Gasteiger partial charge on any atom is -0.453 e. The fraction of sp³-hybridized carbons (Fsp3) is 0.214. The van der Waals surface area contributed by atoms with Gasteiger partial charge in [0.25, 0.3) is 0 Å². The molecular weight excluding hydrogens is 233 g/mol. The fourth-order valence-electron chi connectivity index (χ4n) is 1.50. The summed E-state index contributed by atoms with van der Waals surface area (Å²) in [4.78, 5) is 4.06. The van der Waals surface area contributed by atoms with Gasteiger partial charge >= 0.3 is 0 Å². The molecule has 2 rings (SSSR count). The maximum absolute atomic E-state index is 13.7. The van der Waals surface area contributed by atoms with Crippen LogP contribution in [0.4, 0.5) is 4.39 Å². The van der Waals surface area contributed by atoms with Gasteiger partial charge in [0.15, 0.2) is 11.6 Å². The number of aliphatic hydroxyl groups is 1. The summed E-state index contributed by atoms with van der Waals surface area (Å²) in [5.74, 6) is 0.0864. The average molecular weight is 247 g/mol. The molecule has 0 fully saturated rings. The molecule has 0 saturated carbocycles. The number of rotatable bonds is 3. The Bertz CT molecular complexity index is 538. The summed E-state index contributed by atoms with van der Waals surface area (Å²) in [6.45, 7) is 3.45. The highest BCUT2D eigenvalue weighted by Gasteiger charge is 2.08. The van der Waals surface area contributed by atoms with Gasteiger partial charge in [-0.1, -0.05) is 6.07 Å². The van der Waals surface area contributed by atoms with E-state index >= 15 is 0 Å². The van der Waals surface area contributed by atoms with Crippen LogP contribution in [0.15, 0.2) is 36.5 Å². The van der Waals surface area contributed by atoms with E-state index in [1.165, 1.54) is 18.3 Å². The first-order chi connectivity index (χ1) is 8.56. The van der Waals surface area contributed by atoms with Crippen LogP contribution in [0.25, 0.3) is 0 Å². The van der Waals surface area contributed by atoms with Gasteiger partial charge in [0.05, 0.1) is 12.3 Å². The summed E-state index contributed by atoms with van der Waals surface area (Å²) < 4.78 is 19.1. The van der Waals surface area contributed by atoms with E-state index in [1.807, 2.05) is 6.92 Å². The van der Waals surface area contributed by atoms with Crippen molar-refractivity contribution in [3.63, 3.8) is 0 Å². The van der Waals surface area contributed by atoms with E-state index in [0.29, 0.717) is 11.3 Å². The lowest BCUT2D eigenvalue weighted by Gasteiger charge is -2.09. The van der Waals surface area contributed by atoms with Crippen LogP contribution < -0.4 is 4.74 Å². The number of aliphatic hydroxyl groups excluding tert-OH is 1. The Balaban J connectivity index is 2.22. The number of hydrogen-bond donors (Lipinski definition) is 1. The first-order valence-electron chi connectivity index (χ1n) is 5.64. The third-order valence-corrected chi connectivity index (χ3v) is 2.55. The summed E-state index contributed by atoms with van der Waals surface area (Å²) in [5.41, 5.74) is 1.38. The lowest BCUT2D eigenvalue weighted by molar-refractivity contribution is 0.198. The number of aryl methyl sites for hydroxylation is 1. The maximum Gasteiger partial charge on any atom is 0.166 e. The average Bonchev–Trinajstić information content (AvgIpc) is 2.34. The molecule has 1 aromatic heterocycles. The molecule has 0 bridgehead atoms. The summed E-state index contributed by atoms with van der Waals surface area (Å²) >= 11 is 0. The van der Waals surface area contributed by atoms with Gasteiger partial charge in [-0.15, -0.1) is 0 Å². The molecule has 0 aliphatic heterocycles. The van der Waals surface area contributed by atoms with Gasteiger partial charge in [-0.25, -0.2) is 4.39 Å². The van der Waals surface area contributed by atoms with Crippen molar-refractivity contribution >= 4 is 0 Å². The molecule has 0 saturated heterocycles. The predicted octanol–water partition coefficient (Wildman–Crippen LogP) is 3.37. The SMILES string of the molecule is Cc1ccc(Oc2ccc(C(C)O)cc2F)cn1. The van der Waals surface area contributed by atoms with E-state index in [0.717, 1.165) is 5.69 Å². The molecule has 0 aliphatic rings. The Morgan fingerprint density at radius 1 is 1.28 bits per heavy atom. The van der Waals surface area contributed by atoms with Gasteiger partial charge in [0, 0.05) is 5.69 Å². The Morgan fingerprint density at radius 2 is 2.06 bits per heavy atom. The largest absolute Gasteiger partial charge is 0.453 e. The Labute approximate surface area is 105 Å². The quantitative estimate of drug-likeness (QED) is 0.904. The van der Waals surface area contributed by atoms with Crippen LogP contribution >= 0.6 is 0 Å². The van der Waals surface area contributed by atoms with Crippen molar-refractivity contribution in [3.05, 3.63) is 53.6 Å². The van der Waals surface area contributed by atoms with Crippen molar-refractivity contribution < 1.29 is 14.2 Å². The van der Waals surface area contributed by atoms with E-state index < -0.39 is 11.9 Å². The highest BCUT2D eigenvalue weighted by molar-refractivity contribution is 5.34. The molecule has 1 N–H and O–H groups in total. The zero-order chi connectivity index (χ0) is 13.1. The number of aromatic nitrogens is 1. The van der Waals surface area contributed by atoms with Crippen LogP contribution in [0.5, 0.6) is 11.5 Å². The molecule has 4 heteroatoms. The number of hydrogen-bond acceptors (Lipinski definition) is 3. The minimum atomic E-state index is -0.699. The van der Waals surface area contributed by atoms with E-state index in [1.54, 1.807) is 25.1 Å². The lowest BCUT2D eigenvalue weighted by Crippen LogP contribution is -1.95. The van der Waals surface area contributed by atoms with Crippen molar-refractivity contribution in [3.8, 4) is 11.5 Å². The molecule has 0 amide bonds. The third kappa shape index (κ3) is 2.84. The normalized spacial score (nSPS) is 12.2. The minimum absolute atomic E-state index is 0.116. The van der Waals surface area contributed by atoms with Crippen molar-refractivity contribution in [2.24, 2.45) is 0 Å². The number of benzene rings is 1. The third-order valence-electron chi connectivity index (χ3n) is 2.55. The van der Waals surface area contributed by atoms with Crippen LogP contribution in [-0.2, 0) is 0 Å². The highest BCUT2D eigenvalue weighted by Crippen LogP contribution is 2.26. The van der Waals surface area contributed by atoms with Crippen LogP contribution in [0.2, 0.25) is 0 Å². The molecule has 0 radical (unpaired) electrons. The highest BCUT2D eigenvalue weighted by atomic mass is 19.1. The Morgan fingerprint density at radius 3 is 2.61 bits per heavy atom. The molecule has 94 valence electrons. The molecule has 1 aromatic carbocycles. The van der Waals surface area contributed by atoms with Gasteiger partial charge in [-0.05, 0) is 43.7 Å². The summed E-state index contributed by atoms with van der Waals surface area (Å²) in [7, 11) is 0. The zero-order valence-corrected chi connectivity index (χ0v) is 10.2. The van der Waals surface area contributed by atoms with Crippen LogP contribution in [0.1, 0.15) is 24.3 Å². The maximum atomic E-state index is 13.7. The van der Waals surface area contributed by atoms with Gasteiger partial charge in [0.1, 0.15) is 5.75 Å². The van der Waals surface area contributed by atoms with Gasteiger partial charge < -0.3 is 9.84 Å². The topological polar surface area (TPSA) is 42.4 Å². The molecular formula is C14H14FNO2. The number of nitrogens with zero attached hydrogens (tertiary/aromatic N) is 1. The summed E-state index contributed by atoms with van der Waals surface area (Å²) in [5, 5.41) is 9.34. The van der Waals surface area contributed by atoms with Gasteiger partial charge in [0.2, 0.25) is 0 Å². The first kappa shape index (κ1) is 12.5. The molecule has 18 heavy (non-hydrogen) atoms. The van der Waals surface area contributed by atoms with Crippen LogP contribution in [0, 0.1) is 12.7 Å². The molecule has 1 atom stereocenters. The zero-order valence-electron chi connectivity index (χ0n) is 10.2. The molecule has 0 aliphatic carbocycles. The molecule has 3 nitrogen and oxygen atoms in total. The summed E-state index contributed by atoms with van der Waals surface area (Å²) in [6, 6.07) is 7.91. The van der Waals surface area contributed by atoms with E-state index in [-0.39, 0.29) is 5.75 Å². The van der Waals surface area contributed by atoms with Crippen molar-refractivity contribution in [2.75, 3.05) is 0 Å². The van der Waals surface area contributed by atoms with Crippen molar-refractivity contribution in [2.45, 2.75) is 20.0 Å². The van der Waals surface area contributed by atoms with Crippen molar-refractivity contribution in [1.29, 1.82) is 0 Å². The second-order valence-corrected chi connectivity index (χ2v) is 4.10. The Kier molecular flexibility index (Phi) is 3.58. The van der Waals surface area contributed by atoms with E-state index in [2.05, 4.69) is 4.98 Å². The van der Waals surface area contributed by atoms with E-state index in [4.69, 9.17) is 4.74 Å². The lowest BCUT2D eigenvalue weighted by atomic mass is 10.1. The summed E-state index contributed by atoms with van der Waals surface area (Å²) in [6.07, 6.45) is 0.840. The number of pyridine rings is 1. The monoisotopic (exact) mass is 247 g/mol. The predicted molar refractivity (Wildman–Crippen MR) is 66.1 cm³/mol. The van der Waals surface area contributed by atoms with Crippen LogP contribution in [0.3, 0.4) is 0 Å². The van der Waals surface area contributed by atoms with Crippen molar-refractivity contribution in [1.82, 2.24) is 4.98 Å². The number of ether oxygens (including phenoxy) is 1. The van der Waals surface area contributed by atoms with Gasteiger partial charge in [-0.3, -0.25) is 4.98 Å². The standard InChI is InChI=1S/C14H14FNO2/c1-9-3-5-12(8-16-9)18-14-6-4-11(10(2)17)7-13(14)15/h3-8,10,17H,1-2H3. The second-order valence-electron chi connectivity index (χ2n) is 4.10. The van der Waals surface area contributed by atoms with Crippen LogP contribution in [-0.4, -0.2) is 10.1 Å². The molecule has 2 aromatic rings. The van der Waals surface area contributed by atoms with Gasteiger partial charge in [-0.2, -0.15) is 0 Å². The number of halogens is 1. The molecule has 0 spiro atoms. The second kappa shape index (κ2) is 5.14. The fourth-order valence-corrected chi connectivity index (χ4v) is 1.50. The van der Waals surface area contributed by atoms with E-state index in [9.17, 15) is 9.50 Å².